The summed E-state index contributed by atoms with van der Waals surface area (Å²) in [5, 5.41) is 6.46. The SMILES string of the molecule is C/C=C/CCNC(=NCc1ccc(F)c(C)c1)NCC. The molecule has 20 heavy (non-hydrogen) atoms. The lowest BCUT2D eigenvalue weighted by atomic mass is 10.1. The fraction of sp³-hybridized carbons (Fsp3) is 0.438. The van der Waals surface area contributed by atoms with Crippen molar-refractivity contribution in [2.75, 3.05) is 13.1 Å². The van der Waals surface area contributed by atoms with E-state index in [1.807, 2.05) is 26.0 Å². The summed E-state index contributed by atoms with van der Waals surface area (Å²) in [6.45, 7) is 8.01. The molecule has 0 bridgehead atoms. The Kier molecular flexibility index (Phi) is 7.40. The van der Waals surface area contributed by atoms with Crippen LogP contribution in [-0.2, 0) is 6.54 Å². The molecule has 1 aromatic rings. The largest absolute Gasteiger partial charge is 0.357 e. The summed E-state index contributed by atoms with van der Waals surface area (Å²) in [7, 11) is 0. The molecule has 2 N–H and O–H groups in total. The lowest BCUT2D eigenvalue weighted by Gasteiger charge is -2.10. The molecule has 1 rings (SSSR count). The number of benzene rings is 1. The van der Waals surface area contributed by atoms with E-state index in [0.29, 0.717) is 12.1 Å². The molecule has 0 unspecified atom stereocenters. The van der Waals surface area contributed by atoms with Gasteiger partial charge < -0.3 is 10.6 Å². The van der Waals surface area contributed by atoms with Crippen molar-refractivity contribution in [3.63, 3.8) is 0 Å². The normalized spacial score (nSPS) is 11.9. The Labute approximate surface area is 121 Å². The first kappa shape index (κ1) is 16.2. The first-order valence-electron chi connectivity index (χ1n) is 7.05. The van der Waals surface area contributed by atoms with Crippen molar-refractivity contribution < 1.29 is 4.39 Å². The summed E-state index contributed by atoms with van der Waals surface area (Å²) in [6, 6.07) is 5.10. The molecule has 0 heterocycles. The van der Waals surface area contributed by atoms with Crippen LogP contribution in [0.5, 0.6) is 0 Å². The van der Waals surface area contributed by atoms with Gasteiger partial charge in [-0.2, -0.15) is 0 Å². The minimum Gasteiger partial charge on any atom is -0.357 e. The molecule has 0 aromatic heterocycles. The lowest BCUT2D eigenvalue weighted by Crippen LogP contribution is -2.37. The maximum Gasteiger partial charge on any atom is 0.191 e. The van der Waals surface area contributed by atoms with Gasteiger partial charge in [-0.1, -0.05) is 24.3 Å². The monoisotopic (exact) mass is 277 g/mol. The smallest absolute Gasteiger partial charge is 0.191 e. The minimum atomic E-state index is -0.172. The van der Waals surface area contributed by atoms with E-state index in [-0.39, 0.29) is 5.82 Å². The first-order chi connectivity index (χ1) is 9.67. The van der Waals surface area contributed by atoms with Crippen LogP contribution >= 0.6 is 0 Å². The highest BCUT2D eigenvalue weighted by molar-refractivity contribution is 5.79. The molecule has 0 spiro atoms. The molecule has 0 saturated heterocycles. The van der Waals surface area contributed by atoms with E-state index in [2.05, 4.69) is 21.7 Å². The van der Waals surface area contributed by atoms with E-state index in [0.717, 1.165) is 31.0 Å². The van der Waals surface area contributed by atoms with E-state index in [1.54, 1.807) is 13.0 Å². The van der Waals surface area contributed by atoms with Crippen LogP contribution in [0.15, 0.2) is 35.3 Å². The zero-order valence-corrected chi connectivity index (χ0v) is 12.5. The number of allylic oxidation sites excluding steroid dienone is 1. The highest BCUT2D eigenvalue weighted by Crippen LogP contribution is 2.09. The summed E-state index contributed by atoms with van der Waals surface area (Å²) in [6.07, 6.45) is 5.11. The Hall–Kier alpha value is -1.84. The minimum absolute atomic E-state index is 0.172. The first-order valence-corrected chi connectivity index (χ1v) is 7.05. The molecule has 0 amide bonds. The van der Waals surface area contributed by atoms with Crippen molar-refractivity contribution in [2.24, 2.45) is 4.99 Å². The topological polar surface area (TPSA) is 36.4 Å². The number of hydrogen-bond acceptors (Lipinski definition) is 1. The molecular formula is C16H24FN3. The van der Waals surface area contributed by atoms with E-state index >= 15 is 0 Å². The lowest BCUT2D eigenvalue weighted by molar-refractivity contribution is 0.617. The van der Waals surface area contributed by atoms with Gasteiger partial charge in [-0.3, -0.25) is 0 Å². The predicted octanol–water partition coefficient (Wildman–Crippen LogP) is 3.16. The molecular weight excluding hydrogens is 253 g/mol. The van der Waals surface area contributed by atoms with Gasteiger partial charge in [0, 0.05) is 13.1 Å². The third kappa shape index (κ3) is 5.87. The van der Waals surface area contributed by atoms with Crippen molar-refractivity contribution in [3.05, 3.63) is 47.3 Å². The van der Waals surface area contributed by atoms with Gasteiger partial charge in [-0.15, -0.1) is 0 Å². The van der Waals surface area contributed by atoms with E-state index < -0.39 is 0 Å². The van der Waals surface area contributed by atoms with Gasteiger partial charge >= 0.3 is 0 Å². The number of halogens is 1. The van der Waals surface area contributed by atoms with E-state index in [4.69, 9.17) is 0 Å². The van der Waals surface area contributed by atoms with Crippen LogP contribution in [0.25, 0.3) is 0 Å². The molecule has 0 aliphatic rings. The van der Waals surface area contributed by atoms with Crippen LogP contribution in [-0.4, -0.2) is 19.0 Å². The van der Waals surface area contributed by atoms with E-state index in [1.165, 1.54) is 6.07 Å². The molecule has 1 aromatic carbocycles. The fourth-order valence-corrected chi connectivity index (χ4v) is 1.76. The molecule has 0 fully saturated rings. The van der Waals surface area contributed by atoms with Gasteiger partial charge in [-0.25, -0.2) is 9.38 Å². The van der Waals surface area contributed by atoms with Crippen LogP contribution in [0.4, 0.5) is 4.39 Å². The number of nitrogens with one attached hydrogen (secondary N) is 2. The highest BCUT2D eigenvalue weighted by atomic mass is 19.1. The number of guanidine groups is 1. The summed E-state index contributed by atoms with van der Waals surface area (Å²) < 4.78 is 13.2. The Bertz CT molecular complexity index is 467. The Morgan fingerprint density at radius 3 is 2.80 bits per heavy atom. The third-order valence-electron chi connectivity index (χ3n) is 2.83. The molecule has 4 heteroatoms. The average molecular weight is 277 g/mol. The second-order valence-electron chi connectivity index (χ2n) is 4.56. The Balaban J connectivity index is 2.58. The number of aryl methyl sites for hydroxylation is 1. The van der Waals surface area contributed by atoms with Gasteiger partial charge in [-0.05, 0) is 44.4 Å². The zero-order chi connectivity index (χ0) is 14.8. The zero-order valence-electron chi connectivity index (χ0n) is 12.5. The van der Waals surface area contributed by atoms with Crippen molar-refractivity contribution in [2.45, 2.75) is 33.7 Å². The fourth-order valence-electron chi connectivity index (χ4n) is 1.76. The third-order valence-corrected chi connectivity index (χ3v) is 2.83. The van der Waals surface area contributed by atoms with Gasteiger partial charge in [0.25, 0.3) is 0 Å². The van der Waals surface area contributed by atoms with Crippen molar-refractivity contribution in [1.29, 1.82) is 0 Å². The molecule has 0 radical (unpaired) electrons. The second-order valence-corrected chi connectivity index (χ2v) is 4.56. The number of rotatable bonds is 6. The van der Waals surface area contributed by atoms with Gasteiger partial charge in [0.15, 0.2) is 5.96 Å². The number of aliphatic imine (C=N–C) groups is 1. The van der Waals surface area contributed by atoms with Crippen LogP contribution in [0, 0.1) is 12.7 Å². The van der Waals surface area contributed by atoms with Gasteiger partial charge in [0.1, 0.15) is 5.82 Å². The molecule has 0 aliphatic carbocycles. The van der Waals surface area contributed by atoms with Gasteiger partial charge in [0.05, 0.1) is 6.54 Å². The molecule has 3 nitrogen and oxygen atoms in total. The Morgan fingerprint density at radius 1 is 1.35 bits per heavy atom. The highest BCUT2D eigenvalue weighted by Gasteiger charge is 2.00. The predicted molar refractivity (Wildman–Crippen MR) is 83.4 cm³/mol. The number of hydrogen-bond donors (Lipinski definition) is 2. The quantitative estimate of drug-likeness (QED) is 0.363. The summed E-state index contributed by atoms with van der Waals surface area (Å²) >= 11 is 0. The maximum absolute atomic E-state index is 13.2. The summed E-state index contributed by atoms with van der Waals surface area (Å²) in [4.78, 5) is 4.50. The average Bonchev–Trinajstić information content (AvgIpc) is 2.44. The Morgan fingerprint density at radius 2 is 2.15 bits per heavy atom. The van der Waals surface area contributed by atoms with Crippen LogP contribution in [0.1, 0.15) is 31.4 Å². The molecule has 0 atom stereocenters. The van der Waals surface area contributed by atoms with Gasteiger partial charge in [0.2, 0.25) is 0 Å². The van der Waals surface area contributed by atoms with Crippen molar-refractivity contribution in [1.82, 2.24) is 10.6 Å². The van der Waals surface area contributed by atoms with E-state index in [9.17, 15) is 4.39 Å². The molecule has 0 saturated carbocycles. The summed E-state index contributed by atoms with van der Waals surface area (Å²) in [5.74, 6) is 0.619. The summed E-state index contributed by atoms with van der Waals surface area (Å²) in [5.41, 5.74) is 1.67. The maximum atomic E-state index is 13.2. The van der Waals surface area contributed by atoms with Crippen LogP contribution < -0.4 is 10.6 Å². The second kappa shape index (κ2) is 9.13. The van der Waals surface area contributed by atoms with Crippen molar-refractivity contribution >= 4 is 5.96 Å². The van der Waals surface area contributed by atoms with Crippen LogP contribution in [0.3, 0.4) is 0 Å². The number of nitrogens with zero attached hydrogens (tertiary/aromatic N) is 1. The van der Waals surface area contributed by atoms with Crippen LogP contribution in [0.2, 0.25) is 0 Å². The molecule has 110 valence electrons. The van der Waals surface area contributed by atoms with Crippen molar-refractivity contribution in [3.8, 4) is 0 Å². The standard InChI is InChI=1S/C16H24FN3/c1-4-6-7-10-19-16(18-5-2)20-12-14-8-9-15(17)13(3)11-14/h4,6,8-9,11H,5,7,10,12H2,1-3H3,(H2,18,19,20)/b6-4+. The molecule has 0 aliphatic heterocycles.